The number of aryl methyl sites for hydroxylation is 1. The van der Waals surface area contributed by atoms with Crippen LogP contribution in [0, 0.1) is 0 Å². The summed E-state index contributed by atoms with van der Waals surface area (Å²) in [6.45, 7) is 9.29. The topological polar surface area (TPSA) is 20.2 Å². The molecule has 0 fully saturated rings. The fourth-order valence-corrected chi connectivity index (χ4v) is 15.2. The molecule has 0 bridgehead atoms. The fraction of sp³-hybridized carbons (Fsp3) is 0.100. The Balaban J connectivity index is 1.05. The van der Waals surface area contributed by atoms with Crippen molar-refractivity contribution in [2.24, 2.45) is 0 Å². The molecule has 0 radical (unpaired) electrons. The second-order valence-corrected chi connectivity index (χ2v) is 25.3. The number of unbranched alkanes of at least 4 members (excludes halogenated alkanes) is 1. The Labute approximate surface area is 502 Å². The molecule has 2 aliphatic rings. The summed E-state index contributed by atoms with van der Waals surface area (Å²) in [4.78, 5) is 2.66. The lowest BCUT2D eigenvalue weighted by atomic mass is 9.33. The van der Waals surface area contributed by atoms with Crippen LogP contribution < -0.4 is 26.6 Å². The minimum absolute atomic E-state index is 0.146. The average molecular weight is 1110 g/mol. The zero-order chi connectivity index (χ0) is 56.9. The van der Waals surface area contributed by atoms with Gasteiger partial charge in [0.25, 0.3) is 6.71 Å². The van der Waals surface area contributed by atoms with Gasteiger partial charge in [-0.3, -0.25) is 0 Å². The minimum atomic E-state index is -0.207. The Hall–Kier alpha value is -9.68. The molecule has 14 aromatic rings. The quantitative estimate of drug-likeness (QED) is 0.138. The van der Waals surface area contributed by atoms with Gasteiger partial charge in [0.1, 0.15) is 0 Å². The highest BCUT2D eigenvalue weighted by molar-refractivity contribution is 7.25. The van der Waals surface area contributed by atoms with E-state index in [0.29, 0.717) is 0 Å². The molecular formula is C80H62BN3S. The average Bonchev–Trinajstić information content (AvgIpc) is 0.960. The van der Waals surface area contributed by atoms with Crippen molar-refractivity contribution in [2.45, 2.75) is 52.4 Å². The zero-order valence-corrected chi connectivity index (χ0v) is 49.1. The lowest BCUT2D eigenvalue weighted by Gasteiger charge is -2.43. The van der Waals surface area contributed by atoms with Crippen LogP contribution in [0.5, 0.6) is 0 Å². The minimum Gasteiger partial charge on any atom is -0.356 e. The van der Waals surface area contributed by atoms with Crippen LogP contribution in [-0.2, 0) is 11.8 Å². The van der Waals surface area contributed by atoms with E-state index in [4.69, 9.17) is 0 Å². The maximum Gasteiger partial charge on any atom is 0.252 e. The van der Waals surface area contributed by atoms with E-state index in [-0.39, 0.29) is 12.1 Å². The monoisotopic (exact) mass is 1110 g/mol. The number of aromatic nitrogens is 1. The van der Waals surface area contributed by atoms with Gasteiger partial charge in [-0.2, -0.15) is 0 Å². The van der Waals surface area contributed by atoms with Crippen LogP contribution in [0.3, 0.4) is 0 Å². The smallest absolute Gasteiger partial charge is 0.252 e. The van der Waals surface area contributed by atoms with E-state index in [9.17, 15) is 0 Å². The first kappa shape index (κ1) is 51.0. The van der Waals surface area contributed by atoms with Crippen molar-refractivity contribution < 1.29 is 0 Å². The van der Waals surface area contributed by atoms with E-state index in [1.165, 1.54) is 137 Å². The van der Waals surface area contributed by atoms with Crippen LogP contribution in [-0.4, -0.2) is 11.3 Å². The Kier molecular flexibility index (Phi) is 12.2. The van der Waals surface area contributed by atoms with E-state index >= 15 is 0 Å². The van der Waals surface area contributed by atoms with Crippen molar-refractivity contribution in [3.63, 3.8) is 0 Å². The van der Waals surface area contributed by atoms with E-state index < -0.39 is 0 Å². The molecule has 1 N–H and O–H groups in total. The van der Waals surface area contributed by atoms with Gasteiger partial charge in [0, 0.05) is 70.4 Å². The van der Waals surface area contributed by atoms with Gasteiger partial charge in [0.05, 0.1) is 22.4 Å². The van der Waals surface area contributed by atoms with Gasteiger partial charge in [-0.25, -0.2) is 0 Å². The van der Waals surface area contributed by atoms with Crippen LogP contribution >= 0.6 is 11.3 Å². The molecule has 85 heavy (non-hydrogen) atoms. The Bertz CT molecular complexity index is 4820. The standard InChI is InChI=1S/C80H62BN3S/c1-5-6-25-56-44-65-61-36-21-24-39-74(61)85-75(65)50-62(56)76-72(83-69-37-22-19-34-59(69)60-35-20-23-38-70(60)83)43-41-66-78(76)82-68-48-58(80(2,3)4)49-73-77(68)81(66)67-47-55(51-26-11-7-12-27-51)40-42-71(67)84(73)79-63(53-30-15-9-16-31-53)45-57(52-28-13-8-14-29-52)46-64(79)54-32-17-10-18-33-54/h7-24,26-50,82H,5-6,25H2,1-4H3. The van der Waals surface area contributed by atoms with Gasteiger partial charge in [-0.05, 0) is 151 Å². The van der Waals surface area contributed by atoms with E-state index in [1.807, 2.05) is 11.3 Å². The van der Waals surface area contributed by atoms with Gasteiger partial charge in [-0.1, -0.05) is 228 Å². The maximum atomic E-state index is 4.45. The molecule has 0 saturated carbocycles. The van der Waals surface area contributed by atoms with Crippen molar-refractivity contribution in [2.75, 3.05) is 10.2 Å². The maximum absolute atomic E-state index is 4.45. The molecule has 3 nitrogen and oxygen atoms in total. The zero-order valence-electron chi connectivity index (χ0n) is 48.3. The fourth-order valence-electron chi connectivity index (χ4n) is 14.0. The normalized spacial score (nSPS) is 12.7. The van der Waals surface area contributed by atoms with Gasteiger partial charge in [-0.15, -0.1) is 11.3 Å². The summed E-state index contributed by atoms with van der Waals surface area (Å²) in [5, 5.41) is 9.63. The molecule has 0 unspecified atom stereocenters. The number of benzene rings is 12. The van der Waals surface area contributed by atoms with Crippen LogP contribution in [0.2, 0.25) is 0 Å². The van der Waals surface area contributed by atoms with E-state index in [0.717, 1.165) is 41.8 Å². The first-order valence-corrected chi connectivity index (χ1v) is 31.0. The molecule has 5 heteroatoms. The second-order valence-electron chi connectivity index (χ2n) is 24.3. The van der Waals surface area contributed by atoms with Crippen LogP contribution in [0.1, 0.15) is 51.7 Å². The highest BCUT2D eigenvalue weighted by Crippen LogP contribution is 2.53. The van der Waals surface area contributed by atoms with Crippen LogP contribution in [0.4, 0.5) is 28.4 Å². The molecule has 2 aromatic heterocycles. The molecular weight excluding hydrogens is 1050 g/mol. The lowest BCUT2D eigenvalue weighted by Crippen LogP contribution is -2.60. The molecule has 4 heterocycles. The molecule has 0 aliphatic carbocycles. The third-order valence-corrected chi connectivity index (χ3v) is 19.3. The van der Waals surface area contributed by atoms with E-state index in [2.05, 4.69) is 303 Å². The highest BCUT2D eigenvalue weighted by Gasteiger charge is 2.44. The number of fused-ring (bicyclic) bond motifs is 10. The SMILES string of the molecule is CCCCc1cc2c(cc1-c1c(-n3c4ccccc4c4ccccc43)ccc3c1Nc1cc(C(C)(C)C)cc4c1B3c1cc(-c3ccccc3)ccc1N4c1c(-c3ccccc3)cc(-c3ccccc3)cc1-c1ccccc1)sc1ccccc12. The van der Waals surface area contributed by atoms with Crippen molar-refractivity contribution in [1.29, 1.82) is 0 Å². The molecule has 16 rings (SSSR count). The Morgan fingerprint density at radius 3 is 1.62 bits per heavy atom. The number of rotatable bonds is 10. The number of nitrogens with zero attached hydrogens (tertiary/aromatic N) is 2. The van der Waals surface area contributed by atoms with Crippen molar-refractivity contribution in [3.05, 3.63) is 272 Å². The van der Waals surface area contributed by atoms with Crippen LogP contribution in [0.15, 0.2) is 261 Å². The first-order valence-electron chi connectivity index (χ1n) is 30.2. The molecule has 0 atom stereocenters. The highest BCUT2D eigenvalue weighted by atomic mass is 32.1. The molecule has 12 aromatic carbocycles. The van der Waals surface area contributed by atoms with Crippen LogP contribution in [0.25, 0.3) is 103 Å². The predicted molar refractivity (Wildman–Crippen MR) is 367 cm³/mol. The summed E-state index contributed by atoms with van der Waals surface area (Å²) < 4.78 is 5.19. The third kappa shape index (κ3) is 8.39. The van der Waals surface area contributed by atoms with Gasteiger partial charge < -0.3 is 14.8 Å². The second kappa shape index (κ2) is 20.3. The molecule has 0 saturated heterocycles. The summed E-state index contributed by atoms with van der Waals surface area (Å²) in [7, 11) is 0. The lowest BCUT2D eigenvalue weighted by molar-refractivity contribution is 0.591. The van der Waals surface area contributed by atoms with Crippen molar-refractivity contribution >= 4 is 105 Å². The predicted octanol–water partition coefficient (Wildman–Crippen LogP) is 20.5. The summed E-state index contributed by atoms with van der Waals surface area (Å²) in [6.07, 6.45) is 3.16. The summed E-state index contributed by atoms with van der Waals surface area (Å²) in [6, 6.07) is 98.3. The number of nitrogens with one attached hydrogen (secondary N) is 1. The van der Waals surface area contributed by atoms with Gasteiger partial charge >= 0.3 is 0 Å². The number of anilines is 5. The molecule has 406 valence electrons. The van der Waals surface area contributed by atoms with Crippen molar-refractivity contribution in [1.82, 2.24) is 4.57 Å². The van der Waals surface area contributed by atoms with Gasteiger partial charge in [0.15, 0.2) is 0 Å². The largest absolute Gasteiger partial charge is 0.356 e. The third-order valence-electron chi connectivity index (χ3n) is 18.1. The summed E-state index contributed by atoms with van der Waals surface area (Å²) >= 11 is 1.91. The number of hydrogen-bond acceptors (Lipinski definition) is 3. The molecule has 0 spiro atoms. The number of para-hydroxylation sites is 2. The number of hydrogen-bond donors (Lipinski definition) is 1. The Morgan fingerprint density at radius 1 is 0.435 bits per heavy atom. The van der Waals surface area contributed by atoms with E-state index in [1.54, 1.807) is 0 Å². The summed E-state index contributed by atoms with van der Waals surface area (Å²) in [5.74, 6) is 0. The van der Waals surface area contributed by atoms with Gasteiger partial charge in [0.2, 0.25) is 0 Å². The summed E-state index contributed by atoms with van der Waals surface area (Å²) in [5.41, 5.74) is 27.6. The Morgan fingerprint density at radius 2 is 1.00 bits per heavy atom. The first-order chi connectivity index (χ1) is 41.8. The number of thiophene rings is 1. The molecule has 0 amide bonds. The van der Waals surface area contributed by atoms with Crippen molar-refractivity contribution in [3.8, 4) is 61.3 Å². The molecule has 2 aliphatic heterocycles.